The Morgan fingerprint density at radius 3 is 2.56 bits per heavy atom. The van der Waals surface area contributed by atoms with Gasteiger partial charge in [-0.25, -0.2) is 0 Å². The van der Waals surface area contributed by atoms with Crippen molar-refractivity contribution in [2.24, 2.45) is 0 Å². The summed E-state index contributed by atoms with van der Waals surface area (Å²) in [5.41, 5.74) is 1.26. The summed E-state index contributed by atoms with van der Waals surface area (Å²) in [5, 5.41) is 3.67. The fourth-order valence-electron chi connectivity index (χ4n) is 3.50. The van der Waals surface area contributed by atoms with Gasteiger partial charge in [-0.2, -0.15) is 0 Å². The monoisotopic (exact) mass is 449 g/mol. The third kappa shape index (κ3) is 4.58. The van der Waals surface area contributed by atoms with Crippen molar-refractivity contribution < 1.29 is 14.2 Å². The maximum atomic E-state index is 6.24. The minimum Gasteiger partial charge on any atom is -0.344 e. The fourth-order valence-corrected chi connectivity index (χ4v) is 5.32. The Morgan fingerprint density at radius 1 is 1.04 bits per heavy atom. The van der Waals surface area contributed by atoms with Crippen LogP contribution in [0.2, 0.25) is 0 Å². The highest BCUT2D eigenvalue weighted by Crippen LogP contribution is 2.45. The van der Waals surface area contributed by atoms with Gasteiger partial charge in [0.25, 0.3) is 0 Å². The third-order valence-corrected chi connectivity index (χ3v) is 7.11. The molecule has 4 atom stereocenters. The van der Waals surface area contributed by atoms with E-state index in [9.17, 15) is 0 Å². The number of hydrogen-bond donors (Lipinski definition) is 1. The van der Waals surface area contributed by atoms with Gasteiger partial charge in [0.1, 0.15) is 6.10 Å². The molecule has 6 heteroatoms. The number of hydrogen-bond acceptors (Lipinski definition) is 5. The molecule has 2 aromatic carbocycles. The van der Waals surface area contributed by atoms with Gasteiger partial charge < -0.3 is 19.5 Å². The first-order chi connectivity index (χ1) is 13.0. The van der Waals surface area contributed by atoms with Crippen LogP contribution in [-0.4, -0.2) is 36.1 Å². The zero-order valence-electron chi connectivity index (χ0n) is 15.4. The summed E-state index contributed by atoms with van der Waals surface area (Å²) in [6.45, 7) is 5.45. The maximum absolute atomic E-state index is 6.24. The number of thioether (sulfide) groups is 1. The molecule has 2 aliphatic heterocycles. The average molecular weight is 450 g/mol. The molecule has 2 aliphatic rings. The van der Waals surface area contributed by atoms with E-state index in [-0.39, 0.29) is 23.7 Å². The summed E-state index contributed by atoms with van der Waals surface area (Å²) >= 11 is 5.44. The minimum absolute atomic E-state index is 0.0110. The molecule has 144 valence electrons. The molecule has 4 nitrogen and oxygen atoms in total. The molecule has 1 N–H and O–H groups in total. The smallest absolute Gasteiger partial charge is 0.188 e. The van der Waals surface area contributed by atoms with E-state index in [1.807, 2.05) is 26.0 Å². The van der Waals surface area contributed by atoms with Gasteiger partial charge >= 0.3 is 0 Å². The van der Waals surface area contributed by atoms with Crippen LogP contribution in [0.15, 0.2) is 64.0 Å². The lowest BCUT2D eigenvalue weighted by Crippen LogP contribution is -2.38. The Morgan fingerprint density at radius 2 is 1.78 bits per heavy atom. The van der Waals surface area contributed by atoms with E-state index in [0.717, 1.165) is 17.6 Å². The van der Waals surface area contributed by atoms with E-state index in [2.05, 4.69) is 63.7 Å². The first-order valence-corrected chi connectivity index (χ1v) is 10.9. The molecular weight excluding hydrogens is 426 g/mol. The van der Waals surface area contributed by atoms with Gasteiger partial charge in [-0.3, -0.25) is 0 Å². The number of ether oxygens (including phenoxy) is 3. The highest BCUT2D eigenvalue weighted by atomic mass is 79.9. The van der Waals surface area contributed by atoms with E-state index in [0.29, 0.717) is 0 Å². The number of rotatable bonds is 6. The quantitative estimate of drug-likeness (QED) is 0.698. The number of halogens is 1. The molecule has 0 spiro atoms. The van der Waals surface area contributed by atoms with Gasteiger partial charge in [-0.05, 0) is 47.5 Å². The topological polar surface area (TPSA) is 39.7 Å². The molecular formula is C21H24BrNO3S. The largest absolute Gasteiger partial charge is 0.344 e. The molecule has 0 unspecified atom stereocenters. The maximum Gasteiger partial charge on any atom is 0.188 e. The molecule has 2 saturated heterocycles. The summed E-state index contributed by atoms with van der Waals surface area (Å²) < 4.78 is 19.5. The van der Waals surface area contributed by atoms with Crippen molar-refractivity contribution in [3.63, 3.8) is 0 Å². The van der Waals surface area contributed by atoms with Crippen LogP contribution < -0.4 is 5.32 Å². The molecule has 0 radical (unpaired) electrons. The highest BCUT2D eigenvalue weighted by molar-refractivity contribution is 9.10. The van der Waals surface area contributed by atoms with Gasteiger partial charge in [0.05, 0.1) is 11.4 Å². The Hall–Kier alpha value is -0.890. The lowest BCUT2D eigenvalue weighted by molar-refractivity contribution is -0.203. The average Bonchev–Trinajstić information content (AvgIpc) is 3.10. The SMILES string of the molecule is CC1(C)O[C@H]2O[C@H](CNCc3ccccc3)[C@H](Sc3ccccc3Br)[C@H]2O1. The van der Waals surface area contributed by atoms with Gasteiger partial charge in [-0.15, -0.1) is 11.8 Å². The van der Waals surface area contributed by atoms with Crippen molar-refractivity contribution in [1.82, 2.24) is 5.32 Å². The summed E-state index contributed by atoms with van der Waals surface area (Å²) in [6.07, 6.45) is -0.388. The molecule has 0 aromatic heterocycles. The van der Waals surface area contributed by atoms with E-state index < -0.39 is 5.79 Å². The zero-order chi connectivity index (χ0) is 18.9. The zero-order valence-corrected chi connectivity index (χ0v) is 17.8. The summed E-state index contributed by atoms with van der Waals surface area (Å²) in [5.74, 6) is -0.607. The van der Waals surface area contributed by atoms with E-state index in [1.54, 1.807) is 11.8 Å². The first-order valence-electron chi connectivity index (χ1n) is 9.19. The summed E-state index contributed by atoms with van der Waals surface area (Å²) in [6, 6.07) is 18.7. The Kier molecular flexibility index (Phi) is 5.92. The van der Waals surface area contributed by atoms with Crippen LogP contribution in [0.5, 0.6) is 0 Å². The Labute approximate surface area is 173 Å². The molecule has 0 amide bonds. The number of benzene rings is 2. The normalized spacial score (nSPS) is 29.0. The van der Waals surface area contributed by atoms with Crippen molar-refractivity contribution >= 4 is 27.7 Å². The van der Waals surface area contributed by atoms with E-state index in [4.69, 9.17) is 14.2 Å². The van der Waals surface area contributed by atoms with Gasteiger partial charge in [-0.1, -0.05) is 42.5 Å². The molecule has 4 rings (SSSR count). The predicted octanol–water partition coefficient (Wildman–Crippen LogP) is 4.58. The molecule has 2 fully saturated rings. The molecule has 0 saturated carbocycles. The summed E-state index contributed by atoms with van der Waals surface area (Å²) in [7, 11) is 0. The molecule has 2 aromatic rings. The number of fused-ring (bicyclic) bond motifs is 1. The predicted molar refractivity (Wildman–Crippen MR) is 111 cm³/mol. The number of nitrogens with one attached hydrogen (secondary N) is 1. The van der Waals surface area contributed by atoms with Crippen LogP contribution in [0.1, 0.15) is 19.4 Å². The van der Waals surface area contributed by atoms with Crippen molar-refractivity contribution in [3.05, 3.63) is 64.6 Å². The standard InChI is InChI=1S/C21H24BrNO3S/c1-21(2)25-18-19(27-17-11-7-6-10-15(17)22)16(24-20(18)26-21)13-23-12-14-8-4-3-5-9-14/h3-11,16,18-20,23H,12-13H2,1-2H3/t16-,18-,19+,20-/m1/s1. The van der Waals surface area contributed by atoms with Crippen molar-refractivity contribution in [1.29, 1.82) is 0 Å². The molecule has 2 heterocycles. The third-order valence-electron chi connectivity index (χ3n) is 4.70. The lowest BCUT2D eigenvalue weighted by atomic mass is 10.2. The fraction of sp³-hybridized carbons (Fsp3) is 0.429. The van der Waals surface area contributed by atoms with Crippen LogP contribution in [-0.2, 0) is 20.8 Å². The van der Waals surface area contributed by atoms with E-state index >= 15 is 0 Å². The van der Waals surface area contributed by atoms with Crippen LogP contribution in [0, 0.1) is 0 Å². The Bertz CT molecular complexity index is 773. The second kappa shape index (κ2) is 8.23. The van der Waals surface area contributed by atoms with E-state index in [1.165, 1.54) is 10.5 Å². The lowest BCUT2D eigenvalue weighted by Gasteiger charge is -2.26. The van der Waals surface area contributed by atoms with Crippen molar-refractivity contribution in [3.8, 4) is 0 Å². The van der Waals surface area contributed by atoms with Crippen LogP contribution >= 0.6 is 27.7 Å². The van der Waals surface area contributed by atoms with Crippen LogP contribution in [0.4, 0.5) is 0 Å². The van der Waals surface area contributed by atoms with Crippen LogP contribution in [0.3, 0.4) is 0 Å². The highest BCUT2D eigenvalue weighted by Gasteiger charge is 2.54. The van der Waals surface area contributed by atoms with Crippen molar-refractivity contribution in [2.75, 3.05) is 6.54 Å². The first kappa shape index (κ1) is 19.4. The second-order valence-electron chi connectivity index (χ2n) is 7.27. The van der Waals surface area contributed by atoms with Crippen molar-refractivity contribution in [2.45, 2.75) is 54.8 Å². The second-order valence-corrected chi connectivity index (χ2v) is 9.35. The van der Waals surface area contributed by atoms with Crippen LogP contribution in [0.25, 0.3) is 0 Å². The minimum atomic E-state index is -0.607. The Balaban J connectivity index is 1.45. The van der Waals surface area contributed by atoms with Gasteiger partial charge in [0, 0.05) is 22.5 Å². The molecule has 0 bridgehead atoms. The summed E-state index contributed by atoms with van der Waals surface area (Å²) in [4.78, 5) is 1.19. The van der Waals surface area contributed by atoms with Gasteiger partial charge in [0.2, 0.25) is 0 Å². The molecule has 27 heavy (non-hydrogen) atoms. The van der Waals surface area contributed by atoms with Gasteiger partial charge in [0.15, 0.2) is 12.1 Å². The molecule has 0 aliphatic carbocycles.